The van der Waals surface area contributed by atoms with Crippen LogP contribution in [0.15, 0.2) is 29.3 Å². The molecule has 2 atom stereocenters. The van der Waals surface area contributed by atoms with E-state index in [1.807, 2.05) is 14.0 Å². The average Bonchev–Trinajstić information content (AvgIpc) is 3.13. The largest absolute Gasteiger partial charge is 0.489 e. The number of nitrogens with one attached hydrogen (secondary N) is 1. The summed E-state index contributed by atoms with van der Waals surface area (Å²) in [6, 6.07) is 6.12. The highest BCUT2D eigenvalue weighted by Crippen LogP contribution is 2.18. The second-order valence-electron chi connectivity index (χ2n) is 7.32. The Hall–Kier alpha value is -1.86. The predicted molar refractivity (Wildman–Crippen MR) is 105 cm³/mol. The summed E-state index contributed by atoms with van der Waals surface area (Å²) in [5, 5.41) is 3.41. The molecule has 2 aliphatic rings. The average molecular weight is 378 g/mol. The van der Waals surface area contributed by atoms with E-state index >= 15 is 0 Å². The normalized spacial score (nSPS) is 22.7. The van der Waals surface area contributed by atoms with Gasteiger partial charge in [0.25, 0.3) is 0 Å². The molecule has 2 unspecified atom stereocenters. The Morgan fingerprint density at radius 1 is 1.30 bits per heavy atom. The summed E-state index contributed by atoms with van der Waals surface area (Å²) >= 11 is 0. The van der Waals surface area contributed by atoms with Gasteiger partial charge >= 0.3 is 0 Å². The Bertz CT molecular complexity index is 605. The zero-order chi connectivity index (χ0) is 19.1. The molecule has 150 valence electrons. The Kier molecular flexibility index (Phi) is 7.29. The number of guanidine groups is 1. The quantitative estimate of drug-likeness (QED) is 0.605. The van der Waals surface area contributed by atoms with E-state index in [1.165, 1.54) is 18.6 Å². The lowest BCUT2D eigenvalue weighted by Gasteiger charge is -2.29. The van der Waals surface area contributed by atoms with Crippen LogP contribution in [-0.2, 0) is 4.74 Å². The van der Waals surface area contributed by atoms with Crippen LogP contribution in [0.4, 0.5) is 4.39 Å². The number of nitrogens with zero attached hydrogens (tertiary/aromatic N) is 3. The summed E-state index contributed by atoms with van der Waals surface area (Å²) < 4.78 is 24.2. The lowest BCUT2D eigenvalue weighted by molar-refractivity contribution is 0.0315. The molecular weight excluding hydrogens is 347 g/mol. The van der Waals surface area contributed by atoms with E-state index in [0.717, 1.165) is 51.9 Å². The van der Waals surface area contributed by atoms with Gasteiger partial charge in [0.2, 0.25) is 0 Å². The molecule has 2 aliphatic heterocycles. The summed E-state index contributed by atoms with van der Waals surface area (Å²) in [5.74, 6) is 2.02. The van der Waals surface area contributed by atoms with Gasteiger partial charge in [0.05, 0.1) is 19.8 Å². The summed E-state index contributed by atoms with van der Waals surface area (Å²) in [5.41, 5.74) is 0. The van der Waals surface area contributed by atoms with Crippen LogP contribution in [0.1, 0.15) is 13.3 Å². The SMILES string of the molecule is CN=C(NCC(C)Oc1ccc(F)cc1)N1CCC(CN2CCOCC2)C1. The summed E-state index contributed by atoms with van der Waals surface area (Å²) in [4.78, 5) is 9.27. The Morgan fingerprint density at radius 3 is 2.74 bits per heavy atom. The second kappa shape index (κ2) is 9.90. The molecule has 2 fully saturated rings. The van der Waals surface area contributed by atoms with Gasteiger partial charge in [-0.2, -0.15) is 0 Å². The minimum absolute atomic E-state index is 0.0426. The first-order valence-corrected chi connectivity index (χ1v) is 9.82. The van der Waals surface area contributed by atoms with Crippen LogP contribution >= 0.6 is 0 Å². The first-order valence-electron chi connectivity index (χ1n) is 9.82. The van der Waals surface area contributed by atoms with Crippen LogP contribution in [0.25, 0.3) is 0 Å². The maximum atomic E-state index is 13.0. The molecule has 0 spiro atoms. The molecule has 0 amide bonds. The van der Waals surface area contributed by atoms with Crippen molar-refractivity contribution in [1.82, 2.24) is 15.1 Å². The summed E-state index contributed by atoms with van der Waals surface area (Å²) in [6.45, 7) is 9.64. The van der Waals surface area contributed by atoms with E-state index in [2.05, 4.69) is 20.1 Å². The van der Waals surface area contributed by atoms with Gasteiger partial charge in [-0.25, -0.2) is 4.39 Å². The van der Waals surface area contributed by atoms with Crippen molar-refractivity contribution < 1.29 is 13.9 Å². The second-order valence-corrected chi connectivity index (χ2v) is 7.32. The number of likely N-dealkylation sites (tertiary alicyclic amines) is 1. The third-order valence-corrected chi connectivity index (χ3v) is 5.12. The minimum Gasteiger partial charge on any atom is -0.489 e. The van der Waals surface area contributed by atoms with E-state index in [4.69, 9.17) is 9.47 Å². The zero-order valence-corrected chi connectivity index (χ0v) is 16.4. The molecule has 0 bridgehead atoms. The molecule has 1 N–H and O–H groups in total. The minimum atomic E-state index is -0.255. The van der Waals surface area contributed by atoms with Crippen molar-refractivity contribution >= 4 is 5.96 Å². The zero-order valence-electron chi connectivity index (χ0n) is 16.4. The lowest BCUT2D eigenvalue weighted by Crippen LogP contribution is -2.44. The van der Waals surface area contributed by atoms with Crippen LogP contribution in [0.2, 0.25) is 0 Å². The smallest absolute Gasteiger partial charge is 0.193 e. The van der Waals surface area contributed by atoms with Crippen molar-refractivity contribution in [3.63, 3.8) is 0 Å². The molecular formula is C20H31FN4O2. The van der Waals surface area contributed by atoms with Crippen molar-refractivity contribution in [3.05, 3.63) is 30.1 Å². The molecule has 6 nitrogen and oxygen atoms in total. The van der Waals surface area contributed by atoms with Gasteiger partial charge in [0, 0.05) is 39.8 Å². The van der Waals surface area contributed by atoms with E-state index in [-0.39, 0.29) is 11.9 Å². The highest BCUT2D eigenvalue weighted by molar-refractivity contribution is 5.80. The Labute approximate surface area is 161 Å². The van der Waals surface area contributed by atoms with Gasteiger partial charge in [-0.15, -0.1) is 0 Å². The molecule has 1 aromatic rings. The Morgan fingerprint density at radius 2 is 2.04 bits per heavy atom. The fraction of sp³-hybridized carbons (Fsp3) is 0.650. The molecule has 7 heteroatoms. The van der Waals surface area contributed by atoms with E-state index in [9.17, 15) is 4.39 Å². The van der Waals surface area contributed by atoms with Crippen LogP contribution in [-0.4, -0.2) is 81.4 Å². The first kappa shape index (κ1) is 19.9. The van der Waals surface area contributed by atoms with Crippen molar-refractivity contribution in [3.8, 4) is 5.75 Å². The highest BCUT2D eigenvalue weighted by Gasteiger charge is 2.27. The Balaban J connectivity index is 1.41. The molecule has 2 heterocycles. The molecule has 0 aliphatic carbocycles. The number of halogens is 1. The standard InChI is InChI=1S/C20H31FN4O2/c1-16(27-19-5-3-18(21)4-6-19)13-23-20(22-2)25-8-7-17(15-25)14-24-9-11-26-12-10-24/h3-6,16-17H,7-15H2,1-2H3,(H,22,23). The fourth-order valence-corrected chi connectivity index (χ4v) is 3.68. The van der Waals surface area contributed by atoms with E-state index < -0.39 is 0 Å². The number of rotatable bonds is 6. The molecule has 2 saturated heterocycles. The van der Waals surface area contributed by atoms with Gasteiger partial charge in [-0.1, -0.05) is 0 Å². The number of morpholine rings is 1. The molecule has 27 heavy (non-hydrogen) atoms. The topological polar surface area (TPSA) is 49.3 Å². The molecule has 1 aromatic carbocycles. The number of aliphatic imine (C=N–C) groups is 1. The number of hydrogen-bond donors (Lipinski definition) is 1. The van der Waals surface area contributed by atoms with Crippen LogP contribution in [0, 0.1) is 11.7 Å². The maximum absolute atomic E-state index is 13.0. The van der Waals surface area contributed by atoms with Gasteiger partial charge in [-0.05, 0) is 43.5 Å². The highest BCUT2D eigenvalue weighted by atomic mass is 19.1. The van der Waals surface area contributed by atoms with Crippen molar-refractivity contribution in [1.29, 1.82) is 0 Å². The first-order chi connectivity index (χ1) is 13.1. The van der Waals surface area contributed by atoms with E-state index in [0.29, 0.717) is 18.2 Å². The predicted octanol–water partition coefficient (Wildman–Crippen LogP) is 1.82. The third-order valence-electron chi connectivity index (χ3n) is 5.12. The molecule has 0 radical (unpaired) electrons. The van der Waals surface area contributed by atoms with Crippen molar-refractivity contribution in [2.75, 3.05) is 59.5 Å². The third kappa shape index (κ3) is 6.07. The van der Waals surface area contributed by atoms with Gasteiger partial charge in [0.15, 0.2) is 5.96 Å². The van der Waals surface area contributed by atoms with Crippen molar-refractivity contribution in [2.45, 2.75) is 19.4 Å². The number of benzene rings is 1. The monoisotopic (exact) mass is 378 g/mol. The van der Waals surface area contributed by atoms with E-state index in [1.54, 1.807) is 12.1 Å². The van der Waals surface area contributed by atoms with Gasteiger partial charge in [0.1, 0.15) is 17.7 Å². The number of ether oxygens (including phenoxy) is 2. The summed E-state index contributed by atoms with van der Waals surface area (Å²) in [7, 11) is 1.82. The number of hydrogen-bond acceptors (Lipinski definition) is 4. The lowest BCUT2D eigenvalue weighted by atomic mass is 10.1. The molecule has 0 aromatic heterocycles. The van der Waals surface area contributed by atoms with Crippen LogP contribution < -0.4 is 10.1 Å². The molecule has 3 rings (SSSR count). The molecule has 0 saturated carbocycles. The van der Waals surface area contributed by atoms with Crippen LogP contribution in [0.5, 0.6) is 5.75 Å². The maximum Gasteiger partial charge on any atom is 0.193 e. The van der Waals surface area contributed by atoms with Gasteiger partial charge in [-0.3, -0.25) is 9.89 Å². The fourth-order valence-electron chi connectivity index (χ4n) is 3.68. The van der Waals surface area contributed by atoms with Gasteiger partial charge < -0.3 is 19.7 Å². The summed E-state index contributed by atoms with van der Waals surface area (Å²) in [6.07, 6.45) is 1.15. The van der Waals surface area contributed by atoms with Crippen LogP contribution in [0.3, 0.4) is 0 Å². The van der Waals surface area contributed by atoms with Crippen molar-refractivity contribution in [2.24, 2.45) is 10.9 Å².